The van der Waals surface area contributed by atoms with Gasteiger partial charge in [-0.3, -0.25) is 4.90 Å². The van der Waals surface area contributed by atoms with Crippen LogP contribution in [0, 0.1) is 5.92 Å². The molecular weight excluding hydrogens is 202 g/mol. The molecule has 1 aliphatic rings. The van der Waals surface area contributed by atoms with E-state index in [0.717, 1.165) is 32.0 Å². The molecule has 1 N–H and O–H groups in total. The van der Waals surface area contributed by atoms with Crippen molar-refractivity contribution in [1.82, 2.24) is 14.5 Å². The van der Waals surface area contributed by atoms with Crippen molar-refractivity contribution < 1.29 is 5.11 Å². The fraction of sp³-hybridized carbons (Fsp3) is 0.750. The van der Waals surface area contributed by atoms with Crippen LogP contribution in [-0.4, -0.2) is 38.2 Å². The maximum absolute atomic E-state index is 10.1. The van der Waals surface area contributed by atoms with Crippen LogP contribution in [0.15, 0.2) is 12.4 Å². The maximum atomic E-state index is 10.1. The average Bonchev–Trinajstić information content (AvgIpc) is 2.62. The number of rotatable bonds is 4. The van der Waals surface area contributed by atoms with Gasteiger partial charge < -0.3 is 9.67 Å². The molecule has 0 aromatic carbocycles. The fourth-order valence-electron chi connectivity index (χ4n) is 2.18. The van der Waals surface area contributed by atoms with E-state index in [2.05, 4.69) is 35.2 Å². The van der Waals surface area contributed by atoms with E-state index in [1.165, 1.54) is 0 Å². The van der Waals surface area contributed by atoms with Gasteiger partial charge in [-0.15, -0.1) is 0 Å². The first-order chi connectivity index (χ1) is 7.55. The minimum absolute atomic E-state index is 0.328. The largest absolute Gasteiger partial charge is 0.387 e. The van der Waals surface area contributed by atoms with Crippen LogP contribution in [0.3, 0.4) is 0 Å². The highest BCUT2D eigenvalue weighted by atomic mass is 16.3. The van der Waals surface area contributed by atoms with Gasteiger partial charge in [-0.25, -0.2) is 4.98 Å². The third-order valence-corrected chi connectivity index (χ3v) is 3.58. The molecule has 0 spiro atoms. The van der Waals surface area contributed by atoms with Crippen molar-refractivity contribution >= 4 is 0 Å². The Kier molecular flexibility index (Phi) is 3.04. The van der Waals surface area contributed by atoms with Gasteiger partial charge in [0.25, 0.3) is 0 Å². The van der Waals surface area contributed by atoms with Crippen LogP contribution < -0.4 is 0 Å². The van der Waals surface area contributed by atoms with Crippen LogP contribution in [0.4, 0.5) is 0 Å². The third-order valence-electron chi connectivity index (χ3n) is 3.58. The number of aryl methyl sites for hydroxylation is 1. The van der Waals surface area contributed by atoms with E-state index < -0.39 is 5.60 Å². The molecule has 0 amide bonds. The van der Waals surface area contributed by atoms with Crippen LogP contribution in [0.2, 0.25) is 0 Å². The number of hydrogen-bond donors (Lipinski definition) is 1. The molecule has 1 saturated heterocycles. The van der Waals surface area contributed by atoms with Crippen molar-refractivity contribution in [2.24, 2.45) is 5.92 Å². The summed E-state index contributed by atoms with van der Waals surface area (Å²) in [5.41, 5.74) is -0.483. The number of likely N-dealkylation sites (tertiary alicyclic amines) is 1. The van der Waals surface area contributed by atoms with Crippen molar-refractivity contribution in [3.8, 4) is 0 Å². The Morgan fingerprint density at radius 2 is 2.19 bits per heavy atom. The molecule has 0 radical (unpaired) electrons. The number of nitrogens with zero attached hydrogens (tertiary/aromatic N) is 3. The summed E-state index contributed by atoms with van der Waals surface area (Å²) in [4.78, 5) is 6.59. The Morgan fingerprint density at radius 3 is 2.75 bits per heavy atom. The van der Waals surface area contributed by atoms with Gasteiger partial charge >= 0.3 is 0 Å². The SMILES string of the molecule is CCn1ccnc1CN1CC(O)(C(C)C)C1. The normalized spacial score (nSPS) is 20.1. The molecule has 1 fully saturated rings. The third kappa shape index (κ3) is 1.99. The van der Waals surface area contributed by atoms with E-state index in [1.54, 1.807) is 0 Å². The Balaban J connectivity index is 1.90. The van der Waals surface area contributed by atoms with Gasteiger partial charge in [0.2, 0.25) is 0 Å². The van der Waals surface area contributed by atoms with Crippen LogP contribution in [0.1, 0.15) is 26.6 Å². The molecule has 0 unspecified atom stereocenters. The van der Waals surface area contributed by atoms with Crippen LogP contribution >= 0.6 is 0 Å². The van der Waals surface area contributed by atoms with E-state index in [0.29, 0.717) is 5.92 Å². The topological polar surface area (TPSA) is 41.3 Å². The summed E-state index contributed by atoms with van der Waals surface area (Å²) in [5.74, 6) is 1.42. The number of imidazole rings is 1. The first-order valence-corrected chi connectivity index (χ1v) is 6.00. The van der Waals surface area contributed by atoms with Gasteiger partial charge in [0.05, 0.1) is 12.1 Å². The number of hydrogen-bond acceptors (Lipinski definition) is 3. The number of β-amino-alcohol motifs (C(OH)–C–C–N with tert-alkyl or cyclic N) is 1. The lowest BCUT2D eigenvalue weighted by Gasteiger charge is -2.49. The minimum atomic E-state index is -0.483. The summed E-state index contributed by atoms with van der Waals surface area (Å²) >= 11 is 0. The summed E-state index contributed by atoms with van der Waals surface area (Å²) < 4.78 is 2.15. The zero-order valence-electron chi connectivity index (χ0n) is 10.3. The lowest BCUT2D eigenvalue weighted by molar-refractivity contribution is -0.131. The zero-order chi connectivity index (χ0) is 11.8. The molecule has 0 saturated carbocycles. The monoisotopic (exact) mass is 223 g/mol. The van der Waals surface area contributed by atoms with Crippen LogP contribution in [0.25, 0.3) is 0 Å². The number of aromatic nitrogens is 2. The Labute approximate surface area is 96.9 Å². The standard InChI is InChI=1S/C12H21N3O/c1-4-15-6-5-13-11(15)7-14-8-12(16,9-14)10(2)3/h5-6,10,16H,4,7-9H2,1-3H3. The quantitative estimate of drug-likeness (QED) is 0.831. The summed E-state index contributed by atoms with van der Waals surface area (Å²) in [6, 6.07) is 0. The second-order valence-electron chi connectivity index (χ2n) is 5.03. The van der Waals surface area contributed by atoms with E-state index in [1.807, 2.05) is 12.4 Å². The molecule has 2 rings (SSSR count). The van der Waals surface area contributed by atoms with Crippen LogP contribution in [0.5, 0.6) is 0 Å². The second kappa shape index (κ2) is 4.18. The molecule has 4 nitrogen and oxygen atoms in total. The molecule has 90 valence electrons. The summed E-state index contributed by atoms with van der Waals surface area (Å²) in [6.07, 6.45) is 3.84. The predicted molar refractivity (Wildman–Crippen MR) is 63.0 cm³/mol. The highest BCUT2D eigenvalue weighted by Gasteiger charge is 2.43. The molecule has 0 aliphatic carbocycles. The number of aliphatic hydroxyl groups is 1. The van der Waals surface area contributed by atoms with E-state index >= 15 is 0 Å². The first kappa shape index (κ1) is 11.6. The summed E-state index contributed by atoms with van der Waals surface area (Å²) in [6.45, 7) is 9.59. The van der Waals surface area contributed by atoms with E-state index in [9.17, 15) is 5.11 Å². The summed E-state index contributed by atoms with van der Waals surface area (Å²) in [5, 5.41) is 10.1. The second-order valence-corrected chi connectivity index (χ2v) is 5.03. The molecule has 1 aliphatic heterocycles. The first-order valence-electron chi connectivity index (χ1n) is 6.00. The van der Waals surface area contributed by atoms with Crippen molar-refractivity contribution in [1.29, 1.82) is 0 Å². The molecular formula is C12H21N3O. The summed E-state index contributed by atoms with van der Waals surface area (Å²) in [7, 11) is 0. The average molecular weight is 223 g/mol. The van der Waals surface area contributed by atoms with Crippen molar-refractivity contribution in [2.75, 3.05) is 13.1 Å². The van der Waals surface area contributed by atoms with Crippen molar-refractivity contribution in [3.63, 3.8) is 0 Å². The van der Waals surface area contributed by atoms with Crippen molar-refractivity contribution in [2.45, 2.75) is 39.5 Å². The lowest BCUT2D eigenvalue weighted by atomic mass is 9.83. The van der Waals surface area contributed by atoms with Gasteiger partial charge in [0.15, 0.2) is 0 Å². The molecule has 16 heavy (non-hydrogen) atoms. The molecule has 1 aromatic heterocycles. The van der Waals surface area contributed by atoms with E-state index in [-0.39, 0.29) is 0 Å². The minimum Gasteiger partial charge on any atom is -0.387 e. The Hall–Kier alpha value is -0.870. The van der Waals surface area contributed by atoms with Gasteiger partial charge in [0.1, 0.15) is 5.82 Å². The lowest BCUT2D eigenvalue weighted by Crippen LogP contribution is -2.64. The zero-order valence-corrected chi connectivity index (χ0v) is 10.3. The van der Waals surface area contributed by atoms with Gasteiger partial charge in [-0.05, 0) is 12.8 Å². The molecule has 4 heteroatoms. The maximum Gasteiger partial charge on any atom is 0.122 e. The molecule has 2 heterocycles. The Morgan fingerprint density at radius 1 is 1.50 bits per heavy atom. The highest BCUT2D eigenvalue weighted by molar-refractivity contribution is 5.01. The van der Waals surface area contributed by atoms with Crippen LogP contribution in [-0.2, 0) is 13.1 Å². The van der Waals surface area contributed by atoms with E-state index in [4.69, 9.17) is 0 Å². The van der Waals surface area contributed by atoms with Gasteiger partial charge in [-0.1, -0.05) is 13.8 Å². The fourth-order valence-corrected chi connectivity index (χ4v) is 2.18. The smallest absolute Gasteiger partial charge is 0.122 e. The predicted octanol–water partition coefficient (Wildman–Crippen LogP) is 1.11. The molecule has 0 atom stereocenters. The highest BCUT2D eigenvalue weighted by Crippen LogP contribution is 2.29. The van der Waals surface area contributed by atoms with Crippen molar-refractivity contribution in [3.05, 3.63) is 18.2 Å². The van der Waals surface area contributed by atoms with Gasteiger partial charge in [0, 0.05) is 32.0 Å². The molecule has 1 aromatic rings. The Bertz CT molecular complexity index is 353. The molecule has 0 bridgehead atoms. The van der Waals surface area contributed by atoms with Gasteiger partial charge in [-0.2, -0.15) is 0 Å².